The van der Waals surface area contributed by atoms with Gasteiger partial charge in [0.1, 0.15) is 6.10 Å². The summed E-state index contributed by atoms with van der Waals surface area (Å²) < 4.78 is 26.5. The lowest BCUT2D eigenvalue weighted by atomic mass is 10.2. The molecule has 1 aromatic rings. The maximum Gasteiger partial charge on any atom is 0.264 e. The van der Waals surface area contributed by atoms with Gasteiger partial charge < -0.3 is 0 Å². The Kier molecular flexibility index (Phi) is 3.47. The van der Waals surface area contributed by atoms with Crippen LogP contribution >= 0.6 is 11.6 Å². The first-order valence-corrected chi connectivity index (χ1v) is 6.07. The first kappa shape index (κ1) is 11.4. The Bertz CT molecular complexity index is 418. The van der Waals surface area contributed by atoms with Gasteiger partial charge in [0.15, 0.2) is 0 Å². The van der Waals surface area contributed by atoms with E-state index in [4.69, 9.17) is 15.8 Å². The van der Waals surface area contributed by atoms with Crippen molar-refractivity contribution < 1.29 is 12.6 Å². The molecule has 0 aliphatic carbocycles. The number of nitrogens with zero attached hydrogens (tertiary/aromatic N) is 1. The third kappa shape index (κ3) is 3.25. The second-order valence-corrected chi connectivity index (χ2v) is 4.85. The van der Waals surface area contributed by atoms with Crippen molar-refractivity contribution in [1.29, 1.82) is 0 Å². The first-order valence-electron chi connectivity index (χ1n) is 3.88. The summed E-state index contributed by atoms with van der Waals surface area (Å²) in [7, 11) is -3.47. The van der Waals surface area contributed by atoms with Crippen LogP contribution in [0.15, 0.2) is 18.5 Å². The van der Waals surface area contributed by atoms with Crippen LogP contribution in [0, 0.1) is 0 Å². The number of hydrogen-bond acceptors (Lipinski definition) is 4. The average Bonchev–Trinajstić information content (AvgIpc) is 2.01. The maximum atomic E-state index is 10.8. The highest BCUT2D eigenvalue weighted by molar-refractivity contribution is 7.86. The number of rotatable bonds is 3. The molecule has 0 aliphatic heterocycles. The van der Waals surface area contributed by atoms with Crippen LogP contribution in [-0.4, -0.2) is 19.7 Å². The molecule has 0 N–H and O–H groups in total. The topological polar surface area (TPSA) is 56.3 Å². The van der Waals surface area contributed by atoms with Gasteiger partial charge in [-0.25, -0.2) is 0 Å². The van der Waals surface area contributed by atoms with Crippen LogP contribution in [0.1, 0.15) is 18.6 Å². The quantitative estimate of drug-likeness (QED) is 0.750. The van der Waals surface area contributed by atoms with Gasteiger partial charge in [-0.2, -0.15) is 8.42 Å². The summed E-state index contributed by atoms with van der Waals surface area (Å²) >= 11 is 5.81. The van der Waals surface area contributed by atoms with Crippen molar-refractivity contribution >= 4 is 21.7 Å². The Morgan fingerprint density at radius 1 is 1.57 bits per heavy atom. The minimum atomic E-state index is -3.47. The maximum absolute atomic E-state index is 10.8. The van der Waals surface area contributed by atoms with E-state index in [0.29, 0.717) is 10.6 Å². The Morgan fingerprint density at radius 2 is 2.21 bits per heavy atom. The molecule has 0 unspecified atom stereocenters. The summed E-state index contributed by atoms with van der Waals surface area (Å²) in [6, 6.07) is 1.62. The van der Waals surface area contributed by atoms with Crippen molar-refractivity contribution in [3.8, 4) is 0 Å². The van der Waals surface area contributed by atoms with Crippen molar-refractivity contribution in [2.24, 2.45) is 0 Å². The van der Waals surface area contributed by atoms with Gasteiger partial charge in [0.25, 0.3) is 10.1 Å². The van der Waals surface area contributed by atoms with Crippen molar-refractivity contribution in [1.82, 2.24) is 4.98 Å². The van der Waals surface area contributed by atoms with Crippen LogP contribution < -0.4 is 0 Å². The Hall–Kier alpha value is -0.650. The molecule has 6 heteroatoms. The second kappa shape index (κ2) is 4.25. The van der Waals surface area contributed by atoms with Gasteiger partial charge in [-0.05, 0) is 13.0 Å². The Morgan fingerprint density at radius 3 is 2.71 bits per heavy atom. The molecule has 1 atom stereocenters. The normalized spacial score (nSPS) is 13.9. The van der Waals surface area contributed by atoms with E-state index in [9.17, 15) is 8.42 Å². The molecule has 1 aromatic heterocycles. The highest BCUT2D eigenvalue weighted by atomic mass is 35.5. The summed E-state index contributed by atoms with van der Waals surface area (Å²) in [6.45, 7) is 1.61. The van der Waals surface area contributed by atoms with E-state index in [1.165, 1.54) is 12.4 Å². The Balaban J connectivity index is 2.90. The van der Waals surface area contributed by atoms with Crippen LogP contribution in [0.25, 0.3) is 0 Å². The van der Waals surface area contributed by atoms with Gasteiger partial charge in [-0.1, -0.05) is 11.6 Å². The van der Waals surface area contributed by atoms with Gasteiger partial charge in [-0.3, -0.25) is 9.17 Å². The first-order chi connectivity index (χ1) is 6.40. The molecule has 1 rings (SSSR count). The number of pyridine rings is 1. The van der Waals surface area contributed by atoms with E-state index in [1.54, 1.807) is 13.0 Å². The largest absolute Gasteiger partial charge is 0.264 e. The van der Waals surface area contributed by atoms with Gasteiger partial charge in [-0.15, -0.1) is 0 Å². The molecule has 0 bridgehead atoms. The molecule has 1 heterocycles. The zero-order valence-corrected chi connectivity index (χ0v) is 9.34. The van der Waals surface area contributed by atoms with Gasteiger partial charge in [0, 0.05) is 18.0 Å². The zero-order valence-electron chi connectivity index (χ0n) is 7.77. The highest BCUT2D eigenvalue weighted by Gasteiger charge is 2.14. The zero-order chi connectivity index (χ0) is 10.8. The molecule has 0 saturated heterocycles. The fourth-order valence-corrected chi connectivity index (χ4v) is 1.93. The molecule has 78 valence electrons. The van der Waals surface area contributed by atoms with E-state index in [-0.39, 0.29) is 0 Å². The fraction of sp³-hybridized carbons (Fsp3) is 0.375. The number of hydrogen-bond donors (Lipinski definition) is 0. The fourth-order valence-electron chi connectivity index (χ4n) is 1.03. The van der Waals surface area contributed by atoms with E-state index < -0.39 is 16.2 Å². The molecule has 0 aromatic carbocycles. The summed E-state index contributed by atoms with van der Waals surface area (Å²) in [5.74, 6) is 0. The lowest BCUT2D eigenvalue weighted by Gasteiger charge is -2.11. The second-order valence-electron chi connectivity index (χ2n) is 2.84. The molecule has 0 fully saturated rings. The molecule has 0 saturated carbocycles. The van der Waals surface area contributed by atoms with Gasteiger partial charge >= 0.3 is 0 Å². The van der Waals surface area contributed by atoms with Crippen molar-refractivity contribution in [3.63, 3.8) is 0 Å². The molecule has 0 radical (unpaired) electrons. The van der Waals surface area contributed by atoms with Crippen LogP contribution in [0.5, 0.6) is 0 Å². The lowest BCUT2D eigenvalue weighted by Crippen LogP contribution is -2.07. The standard InChI is InChI=1S/C8H10ClNO3S/c1-6(13-14(2,11)12)7-3-4-10-5-8(7)9/h3-6H,1-2H3/t6-/m0/s1. The van der Waals surface area contributed by atoms with E-state index in [0.717, 1.165) is 6.26 Å². The summed E-state index contributed by atoms with van der Waals surface area (Å²) in [6.07, 6.45) is 3.38. The molecule has 0 aliphatic rings. The summed E-state index contributed by atoms with van der Waals surface area (Å²) in [4.78, 5) is 3.79. The van der Waals surface area contributed by atoms with E-state index in [2.05, 4.69) is 4.98 Å². The van der Waals surface area contributed by atoms with Crippen LogP contribution in [0.2, 0.25) is 5.02 Å². The SMILES string of the molecule is C[C@H](OS(C)(=O)=O)c1ccncc1Cl. The minimum Gasteiger partial charge on any atom is -0.263 e. The van der Waals surface area contributed by atoms with Crippen LogP contribution in [0.3, 0.4) is 0 Å². The Labute approximate surface area is 88.0 Å². The van der Waals surface area contributed by atoms with Crippen molar-refractivity contribution in [3.05, 3.63) is 29.0 Å². The van der Waals surface area contributed by atoms with Crippen molar-refractivity contribution in [2.45, 2.75) is 13.0 Å². The molecule has 14 heavy (non-hydrogen) atoms. The predicted molar refractivity (Wildman–Crippen MR) is 53.6 cm³/mol. The molecular weight excluding hydrogens is 226 g/mol. The number of halogens is 1. The third-order valence-electron chi connectivity index (χ3n) is 1.56. The van der Waals surface area contributed by atoms with E-state index >= 15 is 0 Å². The van der Waals surface area contributed by atoms with E-state index in [1.807, 2.05) is 0 Å². The number of aromatic nitrogens is 1. The molecule has 0 amide bonds. The third-order valence-corrected chi connectivity index (χ3v) is 2.51. The average molecular weight is 236 g/mol. The lowest BCUT2D eigenvalue weighted by molar-refractivity contribution is 0.236. The minimum absolute atomic E-state index is 0.392. The molecule has 4 nitrogen and oxygen atoms in total. The van der Waals surface area contributed by atoms with Crippen LogP contribution in [0.4, 0.5) is 0 Å². The highest BCUT2D eigenvalue weighted by Crippen LogP contribution is 2.24. The van der Waals surface area contributed by atoms with Gasteiger partial charge in [0.2, 0.25) is 0 Å². The van der Waals surface area contributed by atoms with Gasteiger partial charge in [0.05, 0.1) is 11.3 Å². The summed E-state index contributed by atoms with van der Waals surface area (Å²) in [5, 5.41) is 0.392. The predicted octanol–water partition coefficient (Wildman–Crippen LogP) is 1.77. The van der Waals surface area contributed by atoms with Crippen molar-refractivity contribution in [2.75, 3.05) is 6.26 Å². The molecular formula is C8H10ClNO3S. The van der Waals surface area contributed by atoms with Crippen LogP contribution in [-0.2, 0) is 14.3 Å². The smallest absolute Gasteiger partial charge is 0.263 e. The summed E-state index contributed by atoms with van der Waals surface area (Å²) in [5.41, 5.74) is 0.604. The monoisotopic (exact) mass is 235 g/mol. The molecule has 0 spiro atoms.